The van der Waals surface area contributed by atoms with E-state index in [0.717, 1.165) is 0 Å². The van der Waals surface area contributed by atoms with Crippen LogP contribution < -0.4 is 10.1 Å². The van der Waals surface area contributed by atoms with Crippen LogP contribution in [-0.2, 0) is 9.59 Å². The number of nitrogens with zero attached hydrogens (tertiary/aromatic N) is 1. The van der Waals surface area contributed by atoms with Gasteiger partial charge in [-0.2, -0.15) is 0 Å². The Morgan fingerprint density at radius 2 is 2.00 bits per heavy atom. The zero-order valence-electron chi connectivity index (χ0n) is 11.1. The predicted molar refractivity (Wildman–Crippen MR) is 74.5 cm³/mol. The summed E-state index contributed by atoms with van der Waals surface area (Å²) in [7, 11) is 1.55. The molecule has 0 heterocycles. The summed E-state index contributed by atoms with van der Waals surface area (Å²) in [5.74, 6) is 1.65. The van der Waals surface area contributed by atoms with Gasteiger partial charge in [-0.15, -0.1) is 6.42 Å². The van der Waals surface area contributed by atoms with Crippen molar-refractivity contribution in [2.24, 2.45) is 0 Å². The Balaban J connectivity index is 2.56. The third kappa shape index (κ3) is 5.42. The van der Waals surface area contributed by atoms with E-state index in [9.17, 15) is 9.59 Å². The fraction of sp³-hybridized carbons (Fsp3) is 0.286. The molecule has 0 aliphatic heterocycles. The van der Waals surface area contributed by atoms with E-state index in [1.54, 1.807) is 31.4 Å². The standard InChI is InChI=1S/C14H16N2O4/c1-3-8-16(10-14(18)19)9-13(17)15-11-4-6-12(20-2)7-5-11/h1,4-7H,8-10H2,2H3,(H,15,17)(H,18,19). The van der Waals surface area contributed by atoms with Crippen LogP contribution in [0.3, 0.4) is 0 Å². The van der Waals surface area contributed by atoms with E-state index in [0.29, 0.717) is 11.4 Å². The molecule has 0 saturated carbocycles. The summed E-state index contributed by atoms with van der Waals surface area (Å²) < 4.78 is 5.01. The second-order valence-electron chi connectivity index (χ2n) is 4.02. The zero-order valence-corrected chi connectivity index (χ0v) is 11.1. The first kappa shape index (κ1) is 15.5. The van der Waals surface area contributed by atoms with Crippen LogP contribution >= 0.6 is 0 Å². The van der Waals surface area contributed by atoms with Gasteiger partial charge in [0.2, 0.25) is 5.91 Å². The Morgan fingerprint density at radius 1 is 1.35 bits per heavy atom. The average Bonchev–Trinajstić information content (AvgIpc) is 2.39. The van der Waals surface area contributed by atoms with E-state index in [2.05, 4.69) is 11.2 Å². The molecule has 0 aromatic heterocycles. The summed E-state index contributed by atoms with van der Waals surface area (Å²) in [5, 5.41) is 11.4. The Morgan fingerprint density at radius 3 is 2.50 bits per heavy atom. The van der Waals surface area contributed by atoms with Crippen molar-refractivity contribution >= 4 is 17.6 Å². The van der Waals surface area contributed by atoms with Crippen LogP contribution in [0.15, 0.2) is 24.3 Å². The van der Waals surface area contributed by atoms with Crippen molar-refractivity contribution < 1.29 is 19.4 Å². The highest BCUT2D eigenvalue weighted by Gasteiger charge is 2.13. The Bertz CT molecular complexity index is 505. The highest BCUT2D eigenvalue weighted by molar-refractivity contribution is 5.92. The van der Waals surface area contributed by atoms with Gasteiger partial charge >= 0.3 is 5.97 Å². The Hall–Kier alpha value is -2.52. The predicted octanol–water partition coefficient (Wildman–Crippen LogP) is 0.653. The Labute approximate surface area is 117 Å². The molecule has 0 radical (unpaired) electrons. The van der Waals surface area contributed by atoms with Gasteiger partial charge in [0.25, 0.3) is 0 Å². The Kier molecular flexibility index (Phi) is 6.07. The normalized spacial score (nSPS) is 9.85. The molecule has 6 nitrogen and oxygen atoms in total. The maximum atomic E-state index is 11.8. The molecule has 0 atom stereocenters. The minimum absolute atomic E-state index is 0.0808. The summed E-state index contributed by atoms with van der Waals surface area (Å²) in [4.78, 5) is 23.8. The molecule has 0 bridgehead atoms. The monoisotopic (exact) mass is 276 g/mol. The number of terminal acetylenes is 1. The lowest BCUT2D eigenvalue weighted by Gasteiger charge is -2.16. The molecule has 1 rings (SSSR count). The van der Waals surface area contributed by atoms with Crippen LogP contribution in [-0.4, -0.2) is 48.6 Å². The number of hydrogen-bond donors (Lipinski definition) is 2. The molecule has 0 unspecified atom stereocenters. The summed E-state index contributed by atoms with van der Waals surface area (Å²) in [5.41, 5.74) is 0.604. The van der Waals surface area contributed by atoms with Crippen LogP contribution in [0.25, 0.3) is 0 Å². The van der Waals surface area contributed by atoms with E-state index in [1.165, 1.54) is 4.90 Å². The number of carbonyl (C=O) groups is 2. The number of carbonyl (C=O) groups excluding carboxylic acids is 1. The highest BCUT2D eigenvalue weighted by atomic mass is 16.5. The number of rotatable bonds is 7. The van der Waals surface area contributed by atoms with Crippen molar-refractivity contribution in [3.05, 3.63) is 24.3 Å². The average molecular weight is 276 g/mol. The van der Waals surface area contributed by atoms with Gasteiger partial charge in [0.05, 0.1) is 26.7 Å². The van der Waals surface area contributed by atoms with Crippen molar-refractivity contribution in [3.8, 4) is 18.1 Å². The lowest BCUT2D eigenvalue weighted by molar-refractivity contribution is -0.138. The minimum atomic E-state index is -1.03. The molecular weight excluding hydrogens is 260 g/mol. The first-order valence-electron chi connectivity index (χ1n) is 5.86. The van der Waals surface area contributed by atoms with Gasteiger partial charge < -0.3 is 15.2 Å². The topological polar surface area (TPSA) is 78.9 Å². The molecule has 2 N–H and O–H groups in total. The second-order valence-corrected chi connectivity index (χ2v) is 4.02. The fourth-order valence-corrected chi connectivity index (χ4v) is 1.57. The van der Waals surface area contributed by atoms with Gasteiger partial charge in [-0.1, -0.05) is 5.92 Å². The van der Waals surface area contributed by atoms with Crippen molar-refractivity contribution in [2.75, 3.05) is 32.1 Å². The third-order valence-corrected chi connectivity index (χ3v) is 2.41. The van der Waals surface area contributed by atoms with Crippen LogP contribution in [0.2, 0.25) is 0 Å². The molecule has 1 amide bonds. The van der Waals surface area contributed by atoms with E-state index in [-0.39, 0.29) is 25.5 Å². The third-order valence-electron chi connectivity index (χ3n) is 2.41. The number of nitrogens with one attached hydrogen (secondary N) is 1. The van der Waals surface area contributed by atoms with Gasteiger partial charge in [0.1, 0.15) is 5.75 Å². The molecular formula is C14H16N2O4. The van der Waals surface area contributed by atoms with E-state index in [4.69, 9.17) is 16.3 Å². The van der Waals surface area contributed by atoms with Crippen LogP contribution in [0.4, 0.5) is 5.69 Å². The number of amides is 1. The fourth-order valence-electron chi connectivity index (χ4n) is 1.57. The maximum Gasteiger partial charge on any atom is 0.317 e. The molecule has 106 valence electrons. The van der Waals surface area contributed by atoms with E-state index < -0.39 is 5.97 Å². The summed E-state index contributed by atoms with van der Waals surface area (Å²) in [6, 6.07) is 6.82. The van der Waals surface area contributed by atoms with Gasteiger partial charge in [0.15, 0.2) is 0 Å². The number of benzene rings is 1. The highest BCUT2D eigenvalue weighted by Crippen LogP contribution is 2.14. The SMILES string of the molecule is C#CCN(CC(=O)O)CC(=O)Nc1ccc(OC)cc1. The number of aliphatic carboxylic acids is 1. The van der Waals surface area contributed by atoms with Crippen molar-refractivity contribution in [3.63, 3.8) is 0 Å². The number of anilines is 1. The summed E-state index contributed by atoms with van der Waals surface area (Å²) in [6.45, 7) is -0.259. The molecule has 1 aromatic carbocycles. The van der Waals surface area contributed by atoms with E-state index in [1.807, 2.05) is 0 Å². The molecule has 6 heteroatoms. The van der Waals surface area contributed by atoms with Crippen molar-refractivity contribution in [2.45, 2.75) is 0 Å². The van der Waals surface area contributed by atoms with Gasteiger partial charge in [-0.25, -0.2) is 0 Å². The lowest BCUT2D eigenvalue weighted by Crippen LogP contribution is -2.37. The van der Waals surface area contributed by atoms with Crippen molar-refractivity contribution in [1.82, 2.24) is 4.90 Å². The number of ether oxygens (including phenoxy) is 1. The maximum absolute atomic E-state index is 11.8. The van der Waals surface area contributed by atoms with Gasteiger partial charge in [-0.3, -0.25) is 14.5 Å². The minimum Gasteiger partial charge on any atom is -0.497 e. The molecule has 0 aliphatic carbocycles. The quantitative estimate of drug-likeness (QED) is 0.715. The largest absolute Gasteiger partial charge is 0.497 e. The zero-order chi connectivity index (χ0) is 15.0. The van der Waals surface area contributed by atoms with Crippen molar-refractivity contribution in [1.29, 1.82) is 0 Å². The second kappa shape index (κ2) is 7.81. The molecule has 0 fully saturated rings. The summed E-state index contributed by atoms with van der Waals surface area (Å²) >= 11 is 0. The first-order valence-corrected chi connectivity index (χ1v) is 5.86. The number of carboxylic acid groups (broad SMARTS) is 1. The van der Waals surface area contributed by atoms with Gasteiger partial charge in [-0.05, 0) is 24.3 Å². The molecule has 1 aromatic rings. The van der Waals surface area contributed by atoms with E-state index >= 15 is 0 Å². The van der Waals surface area contributed by atoms with Crippen LogP contribution in [0, 0.1) is 12.3 Å². The van der Waals surface area contributed by atoms with Gasteiger partial charge in [0, 0.05) is 5.69 Å². The van der Waals surface area contributed by atoms with Crippen LogP contribution in [0.1, 0.15) is 0 Å². The molecule has 0 saturated heterocycles. The smallest absolute Gasteiger partial charge is 0.317 e. The summed E-state index contributed by atoms with van der Waals surface area (Å²) in [6.07, 6.45) is 5.14. The number of hydrogen-bond acceptors (Lipinski definition) is 4. The lowest BCUT2D eigenvalue weighted by atomic mass is 10.3. The number of carboxylic acids is 1. The first-order chi connectivity index (χ1) is 9.55. The molecule has 0 spiro atoms. The molecule has 20 heavy (non-hydrogen) atoms. The number of methoxy groups -OCH3 is 1. The molecule has 0 aliphatic rings. The van der Waals surface area contributed by atoms with Crippen LogP contribution in [0.5, 0.6) is 5.75 Å².